The smallest absolute Gasteiger partial charge is 0.271 e. The Morgan fingerprint density at radius 1 is 1.28 bits per heavy atom. The third kappa shape index (κ3) is 4.60. The highest BCUT2D eigenvalue weighted by atomic mass is 35.5. The zero-order valence-corrected chi connectivity index (χ0v) is 14.4. The SMILES string of the molecule is CC[C@@H](Oc1ccccc1Cl)C(=O)Nc1cc([N+](=O)[O-])ccc1OC. The van der Waals surface area contributed by atoms with E-state index in [2.05, 4.69) is 5.32 Å². The van der Waals surface area contributed by atoms with Gasteiger partial charge in [0.25, 0.3) is 11.6 Å². The molecule has 0 aliphatic rings. The van der Waals surface area contributed by atoms with E-state index in [1.807, 2.05) is 0 Å². The molecule has 0 fully saturated rings. The van der Waals surface area contributed by atoms with Crippen LogP contribution in [0.2, 0.25) is 5.02 Å². The van der Waals surface area contributed by atoms with Crippen LogP contribution in [0, 0.1) is 10.1 Å². The molecule has 0 spiro atoms. The Morgan fingerprint density at radius 3 is 2.60 bits per heavy atom. The van der Waals surface area contributed by atoms with Gasteiger partial charge < -0.3 is 14.8 Å². The van der Waals surface area contributed by atoms with Gasteiger partial charge in [-0.25, -0.2) is 0 Å². The molecule has 0 saturated heterocycles. The van der Waals surface area contributed by atoms with Gasteiger partial charge in [0.15, 0.2) is 6.10 Å². The summed E-state index contributed by atoms with van der Waals surface area (Å²) in [6.45, 7) is 1.78. The molecule has 25 heavy (non-hydrogen) atoms. The molecule has 0 heterocycles. The van der Waals surface area contributed by atoms with Gasteiger partial charge in [-0.15, -0.1) is 0 Å². The number of halogens is 1. The van der Waals surface area contributed by atoms with E-state index in [9.17, 15) is 14.9 Å². The predicted octanol–water partition coefficient (Wildman–Crippen LogP) is 4.05. The first-order valence-electron chi connectivity index (χ1n) is 7.50. The van der Waals surface area contributed by atoms with E-state index in [4.69, 9.17) is 21.1 Å². The largest absolute Gasteiger partial charge is 0.495 e. The lowest BCUT2D eigenvalue weighted by Crippen LogP contribution is -2.32. The topological polar surface area (TPSA) is 90.7 Å². The molecule has 0 aliphatic carbocycles. The standard InChI is InChI=1S/C17H17ClN2O5/c1-3-14(25-15-7-5-4-6-12(15)18)17(21)19-13-10-11(20(22)23)8-9-16(13)24-2/h4-10,14H,3H2,1-2H3,(H,19,21)/t14-/m1/s1. The van der Waals surface area contributed by atoms with Crippen LogP contribution in [0.4, 0.5) is 11.4 Å². The van der Waals surface area contributed by atoms with Gasteiger partial charge >= 0.3 is 0 Å². The first kappa shape index (κ1) is 18.5. The van der Waals surface area contributed by atoms with Gasteiger partial charge in [-0.3, -0.25) is 14.9 Å². The number of hydrogen-bond acceptors (Lipinski definition) is 5. The number of rotatable bonds is 7. The summed E-state index contributed by atoms with van der Waals surface area (Å²) >= 11 is 6.04. The molecular weight excluding hydrogens is 348 g/mol. The number of methoxy groups -OCH3 is 1. The van der Waals surface area contributed by atoms with Crippen molar-refractivity contribution in [2.45, 2.75) is 19.4 Å². The summed E-state index contributed by atoms with van der Waals surface area (Å²) in [4.78, 5) is 22.9. The molecular formula is C17H17ClN2O5. The maximum atomic E-state index is 12.5. The van der Waals surface area contributed by atoms with Crippen molar-refractivity contribution >= 4 is 28.9 Å². The molecule has 0 bridgehead atoms. The van der Waals surface area contributed by atoms with Crippen molar-refractivity contribution in [2.75, 3.05) is 12.4 Å². The molecule has 1 N–H and O–H groups in total. The molecule has 1 amide bonds. The van der Waals surface area contributed by atoms with Gasteiger partial charge in [-0.05, 0) is 24.6 Å². The van der Waals surface area contributed by atoms with Crippen molar-refractivity contribution in [1.29, 1.82) is 0 Å². The maximum absolute atomic E-state index is 12.5. The van der Waals surface area contributed by atoms with E-state index < -0.39 is 16.9 Å². The highest BCUT2D eigenvalue weighted by Gasteiger charge is 2.22. The van der Waals surface area contributed by atoms with Crippen LogP contribution in [-0.4, -0.2) is 24.0 Å². The molecule has 8 heteroatoms. The number of amides is 1. The maximum Gasteiger partial charge on any atom is 0.271 e. The highest BCUT2D eigenvalue weighted by molar-refractivity contribution is 6.32. The van der Waals surface area contributed by atoms with E-state index in [1.54, 1.807) is 31.2 Å². The van der Waals surface area contributed by atoms with Crippen molar-refractivity contribution < 1.29 is 19.2 Å². The van der Waals surface area contributed by atoms with Gasteiger partial charge in [0, 0.05) is 12.1 Å². The second kappa shape index (κ2) is 8.34. The van der Waals surface area contributed by atoms with Crippen LogP contribution in [-0.2, 0) is 4.79 Å². The second-order valence-electron chi connectivity index (χ2n) is 5.08. The number of nitrogens with one attached hydrogen (secondary N) is 1. The van der Waals surface area contributed by atoms with Crippen LogP contribution >= 0.6 is 11.6 Å². The third-order valence-corrected chi connectivity index (χ3v) is 3.73. The molecule has 0 aromatic heterocycles. The summed E-state index contributed by atoms with van der Waals surface area (Å²) in [6.07, 6.45) is -0.433. The number of carbonyl (C=O) groups is 1. The van der Waals surface area contributed by atoms with Crippen LogP contribution < -0.4 is 14.8 Å². The summed E-state index contributed by atoms with van der Waals surface area (Å²) in [7, 11) is 1.41. The van der Waals surface area contributed by atoms with Crippen LogP contribution in [0.3, 0.4) is 0 Å². The summed E-state index contributed by atoms with van der Waals surface area (Å²) < 4.78 is 10.8. The average molecular weight is 365 g/mol. The fourth-order valence-corrected chi connectivity index (χ4v) is 2.32. The van der Waals surface area contributed by atoms with Crippen molar-refractivity contribution in [1.82, 2.24) is 0 Å². The van der Waals surface area contributed by atoms with Gasteiger partial charge in [-0.2, -0.15) is 0 Å². The van der Waals surface area contributed by atoms with E-state index in [-0.39, 0.29) is 11.4 Å². The molecule has 0 aliphatic heterocycles. The summed E-state index contributed by atoms with van der Waals surface area (Å²) in [5.74, 6) is 0.241. The second-order valence-corrected chi connectivity index (χ2v) is 5.48. The van der Waals surface area contributed by atoms with Crippen molar-refractivity contribution in [3.63, 3.8) is 0 Å². The third-order valence-electron chi connectivity index (χ3n) is 3.42. The summed E-state index contributed by atoms with van der Waals surface area (Å²) in [5.41, 5.74) is 0.0408. The van der Waals surface area contributed by atoms with Crippen molar-refractivity contribution in [3.05, 3.63) is 57.6 Å². The fourth-order valence-electron chi connectivity index (χ4n) is 2.14. The molecule has 1 atom stereocenters. The van der Waals surface area contributed by atoms with E-state index in [1.165, 1.54) is 25.3 Å². The van der Waals surface area contributed by atoms with Gasteiger partial charge in [-0.1, -0.05) is 30.7 Å². The first-order chi connectivity index (χ1) is 12.0. The van der Waals surface area contributed by atoms with Crippen LogP contribution in [0.25, 0.3) is 0 Å². The number of anilines is 1. The molecule has 132 valence electrons. The number of nitro benzene ring substituents is 1. The highest BCUT2D eigenvalue weighted by Crippen LogP contribution is 2.30. The van der Waals surface area contributed by atoms with Gasteiger partial charge in [0.1, 0.15) is 11.5 Å². The molecule has 0 radical (unpaired) electrons. The monoisotopic (exact) mass is 364 g/mol. The number of ether oxygens (including phenoxy) is 2. The number of hydrogen-bond donors (Lipinski definition) is 1. The van der Waals surface area contributed by atoms with E-state index in [0.29, 0.717) is 22.9 Å². The van der Waals surface area contributed by atoms with Gasteiger partial charge in [0.2, 0.25) is 0 Å². The Hall–Kier alpha value is -2.80. The quantitative estimate of drug-likeness (QED) is 0.591. The first-order valence-corrected chi connectivity index (χ1v) is 7.88. The Balaban J connectivity index is 2.20. The van der Waals surface area contributed by atoms with E-state index in [0.717, 1.165) is 0 Å². The number of nitrogens with zero attached hydrogens (tertiary/aromatic N) is 1. The summed E-state index contributed by atoms with van der Waals surface area (Å²) in [5, 5.41) is 13.9. The Bertz CT molecular complexity index is 781. The minimum absolute atomic E-state index is 0.156. The fraction of sp³-hybridized carbons (Fsp3) is 0.235. The molecule has 2 aromatic carbocycles. The molecule has 0 saturated carbocycles. The van der Waals surface area contributed by atoms with Crippen LogP contribution in [0.1, 0.15) is 13.3 Å². The summed E-state index contributed by atoms with van der Waals surface area (Å²) in [6, 6.07) is 10.8. The number of benzene rings is 2. The minimum Gasteiger partial charge on any atom is -0.495 e. The average Bonchev–Trinajstić information content (AvgIpc) is 2.60. The molecule has 7 nitrogen and oxygen atoms in total. The number of para-hydroxylation sites is 1. The number of carbonyl (C=O) groups excluding carboxylic acids is 1. The zero-order valence-electron chi connectivity index (χ0n) is 13.7. The molecule has 2 aromatic rings. The lowest BCUT2D eigenvalue weighted by atomic mass is 10.2. The molecule has 2 rings (SSSR count). The van der Waals surface area contributed by atoms with Crippen LogP contribution in [0.15, 0.2) is 42.5 Å². The van der Waals surface area contributed by atoms with Crippen LogP contribution in [0.5, 0.6) is 11.5 Å². The Morgan fingerprint density at radius 2 is 2.00 bits per heavy atom. The van der Waals surface area contributed by atoms with Gasteiger partial charge in [0.05, 0.1) is 22.7 Å². The van der Waals surface area contributed by atoms with E-state index >= 15 is 0 Å². The normalized spacial score (nSPS) is 11.5. The Kier molecular flexibility index (Phi) is 6.19. The lowest BCUT2D eigenvalue weighted by Gasteiger charge is -2.18. The van der Waals surface area contributed by atoms with Crippen molar-refractivity contribution in [3.8, 4) is 11.5 Å². The minimum atomic E-state index is -0.816. The molecule has 0 unspecified atom stereocenters. The lowest BCUT2D eigenvalue weighted by molar-refractivity contribution is -0.384. The van der Waals surface area contributed by atoms with Crippen molar-refractivity contribution in [2.24, 2.45) is 0 Å². The zero-order chi connectivity index (χ0) is 18.4. The predicted molar refractivity (Wildman–Crippen MR) is 94.4 cm³/mol. The Labute approximate surface area is 149 Å². The number of non-ortho nitro benzene ring substituents is 1. The number of nitro groups is 1.